The summed E-state index contributed by atoms with van der Waals surface area (Å²) in [4.78, 5) is 0. The highest BCUT2D eigenvalue weighted by Gasteiger charge is 2.95. The molecule has 0 N–H and O–H groups in total. The maximum atomic E-state index is 13.9. The van der Waals surface area contributed by atoms with Crippen molar-refractivity contribution < 1.29 is 87.9 Å². The Bertz CT molecular complexity index is 747. The molecule has 37 heavy (non-hydrogen) atoms. The van der Waals surface area contributed by atoms with E-state index in [1.807, 2.05) is 0 Å². The van der Waals surface area contributed by atoms with Crippen LogP contribution in [0.25, 0.3) is 0 Å². The number of alkyl halides is 17. The van der Waals surface area contributed by atoms with Crippen molar-refractivity contribution in [1.29, 1.82) is 0 Å². The minimum absolute atomic E-state index is 0.219. The van der Waals surface area contributed by atoms with Crippen molar-refractivity contribution in [3.05, 3.63) is 0 Å². The molecular weight excluding hydrogens is 591 g/mol. The van der Waals surface area contributed by atoms with Gasteiger partial charge in [0.25, 0.3) is 0 Å². The summed E-state index contributed by atoms with van der Waals surface area (Å²) in [6.45, 7) is 1.74. The third kappa shape index (κ3) is 5.77. The van der Waals surface area contributed by atoms with Gasteiger partial charge >= 0.3 is 56.4 Å². The SMILES string of the molecule is CCO[Si](CC)(OCC)OCCC(F)(F)C(F)(F)C(F)(F)C(F)(F)C(F)(F)C(F)(F)C(F)(F)C(F)(F)F. The van der Waals surface area contributed by atoms with E-state index in [0.717, 1.165) is 0 Å². The second-order valence-electron chi connectivity index (χ2n) is 7.15. The molecule has 0 spiro atoms. The van der Waals surface area contributed by atoms with Crippen molar-refractivity contribution in [3.63, 3.8) is 0 Å². The van der Waals surface area contributed by atoms with Gasteiger partial charge in [-0.25, -0.2) is 0 Å². The van der Waals surface area contributed by atoms with Crippen LogP contribution in [0.2, 0.25) is 6.04 Å². The van der Waals surface area contributed by atoms with E-state index in [1.54, 1.807) is 0 Å². The Morgan fingerprint density at radius 1 is 0.459 bits per heavy atom. The van der Waals surface area contributed by atoms with Gasteiger partial charge in [0, 0.05) is 32.3 Å². The van der Waals surface area contributed by atoms with Gasteiger partial charge in [-0.1, -0.05) is 6.92 Å². The molecule has 0 aromatic rings. The molecule has 0 rings (SSSR count). The van der Waals surface area contributed by atoms with Gasteiger partial charge in [0.15, 0.2) is 0 Å². The average molecular weight is 610 g/mol. The molecule has 0 atom stereocenters. The van der Waals surface area contributed by atoms with Gasteiger partial charge < -0.3 is 13.3 Å². The molecule has 0 aliphatic carbocycles. The summed E-state index contributed by atoms with van der Waals surface area (Å²) in [6, 6.07) is -0.237. The van der Waals surface area contributed by atoms with Crippen LogP contribution in [-0.2, 0) is 13.3 Å². The van der Waals surface area contributed by atoms with Crippen molar-refractivity contribution in [3.8, 4) is 0 Å². The fourth-order valence-electron chi connectivity index (χ4n) is 2.56. The van der Waals surface area contributed by atoms with Crippen molar-refractivity contribution in [2.75, 3.05) is 19.8 Å². The first kappa shape index (κ1) is 35.9. The molecule has 0 saturated carbocycles. The Hall–Kier alpha value is -1.09. The Morgan fingerprint density at radius 2 is 0.784 bits per heavy atom. The van der Waals surface area contributed by atoms with Crippen LogP contribution in [0, 0.1) is 0 Å². The van der Waals surface area contributed by atoms with Gasteiger partial charge in [-0.3, -0.25) is 0 Å². The zero-order valence-corrected chi connectivity index (χ0v) is 19.7. The van der Waals surface area contributed by atoms with Crippen LogP contribution in [0.1, 0.15) is 27.2 Å². The highest BCUT2D eigenvalue weighted by atomic mass is 28.4. The van der Waals surface area contributed by atoms with Gasteiger partial charge in [-0.15, -0.1) is 0 Å². The second kappa shape index (κ2) is 10.8. The average Bonchev–Trinajstić information content (AvgIpc) is 2.72. The van der Waals surface area contributed by atoms with Crippen molar-refractivity contribution >= 4 is 8.80 Å². The summed E-state index contributed by atoms with van der Waals surface area (Å²) in [5.41, 5.74) is 0. The molecule has 21 heteroatoms. The molecule has 0 radical (unpaired) electrons. The summed E-state index contributed by atoms with van der Waals surface area (Å²) < 4.78 is 240. The van der Waals surface area contributed by atoms with Crippen LogP contribution in [0.4, 0.5) is 74.6 Å². The van der Waals surface area contributed by atoms with Crippen LogP contribution in [-0.4, -0.2) is 76.3 Å². The summed E-state index contributed by atoms with van der Waals surface area (Å²) in [6.07, 6.45) is -10.5. The Kier molecular flexibility index (Phi) is 10.5. The fourth-order valence-corrected chi connectivity index (χ4v) is 4.71. The van der Waals surface area contributed by atoms with Gasteiger partial charge in [0.2, 0.25) is 0 Å². The lowest BCUT2D eigenvalue weighted by molar-refractivity contribution is -0.461. The first-order valence-corrected chi connectivity index (χ1v) is 11.7. The third-order valence-corrected chi connectivity index (χ3v) is 7.65. The predicted molar refractivity (Wildman–Crippen MR) is 90.7 cm³/mol. The van der Waals surface area contributed by atoms with Gasteiger partial charge in [0.1, 0.15) is 0 Å². The second-order valence-corrected chi connectivity index (χ2v) is 10.1. The zero-order valence-electron chi connectivity index (χ0n) is 18.7. The highest BCUT2D eigenvalue weighted by Crippen LogP contribution is 2.64. The van der Waals surface area contributed by atoms with Gasteiger partial charge in [-0.05, 0) is 13.8 Å². The lowest BCUT2D eigenvalue weighted by Crippen LogP contribution is -2.74. The van der Waals surface area contributed by atoms with Crippen molar-refractivity contribution in [2.45, 2.75) is 80.9 Å². The normalized spacial score (nSPS) is 15.9. The van der Waals surface area contributed by atoms with Gasteiger partial charge in [0.05, 0.1) is 0 Å². The summed E-state index contributed by atoms with van der Waals surface area (Å²) in [7, 11) is -3.93. The molecule has 224 valence electrons. The Morgan fingerprint density at radius 3 is 1.08 bits per heavy atom. The lowest BCUT2D eigenvalue weighted by Gasteiger charge is -2.42. The Balaban J connectivity index is 6.32. The lowest BCUT2D eigenvalue weighted by atomic mass is 9.88. The molecule has 3 nitrogen and oxygen atoms in total. The highest BCUT2D eigenvalue weighted by molar-refractivity contribution is 6.60. The molecule has 0 bridgehead atoms. The van der Waals surface area contributed by atoms with Crippen LogP contribution < -0.4 is 0 Å². The van der Waals surface area contributed by atoms with E-state index in [4.69, 9.17) is 13.3 Å². The van der Waals surface area contributed by atoms with Gasteiger partial charge in [-0.2, -0.15) is 74.6 Å². The number of hydrogen-bond donors (Lipinski definition) is 0. The minimum Gasteiger partial charge on any atom is -0.374 e. The van der Waals surface area contributed by atoms with Crippen LogP contribution in [0.3, 0.4) is 0 Å². The maximum absolute atomic E-state index is 13.9. The van der Waals surface area contributed by atoms with E-state index >= 15 is 0 Å². The predicted octanol–water partition coefficient (Wildman–Crippen LogP) is 7.43. The molecule has 0 saturated heterocycles. The van der Waals surface area contributed by atoms with E-state index in [1.165, 1.54) is 20.8 Å². The third-order valence-electron chi connectivity index (χ3n) is 4.69. The largest absolute Gasteiger partial charge is 0.500 e. The topological polar surface area (TPSA) is 27.7 Å². The maximum Gasteiger partial charge on any atom is 0.500 e. The minimum atomic E-state index is -8.65. The van der Waals surface area contributed by atoms with Crippen molar-refractivity contribution in [1.82, 2.24) is 0 Å². The fraction of sp³-hybridized carbons (Fsp3) is 1.00. The molecule has 0 heterocycles. The standard InChI is InChI=1S/C16H19F17O3Si/c1-4-34-37(6-3,35-5-2)36-8-7-9(17,18)10(19,20)11(21,22)12(23,24)13(25,26)14(27,28)15(29,30)16(31,32)33/h4-8H2,1-3H3. The van der Waals surface area contributed by atoms with Crippen LogP contribution in [0.15, 0.2) is 0 Å². The number of halogens is 17. The monoisotopic (exact) mass is 610 g/mol. The molecule has 0 aromatic carbocycles. The molecule has 0 fully saturated rings. The quantitative estimate of drug-likeness (QED) is 0.143. The molecule has 0 aromatic heterocycles. The molecular formula is C16H19F17O3Si. The van der Waals surface area contributed by atoms with Crippen LogP contribution >= 0.6 is 0 Å². The molecule has 0 aliphatic heterocycles. The summed E-state index contributed by atoms with van der Waals surface area (Å²) >= 11 is 0. The zero-order chi connectivity index (χ0) is 30.2. The van der Waals surface area contributed by atoms with E-state index in [0.29, 0.717) is 0 Å². The van der Waals surface area contributed by atoms with E-state index in [2.05, 4.69) is 0 Å². The molecule has 0 unspecified atom stereocenters. The summed E-state index contributed by atoms with van der Waals surface area (Å²) in [5, 5.41) is 0. The van der Waals surface area contributed by atoms with E-state index < -0.39 is 69.5 Å². The van der Waals surface area contributed by atoms with Crippen LogP contribution in [0.5, 0.6) is 0 Å². The van der Waals surface area contributed by atoms with E-state index in [-0.39, 0.29) is 19.3 Å². The van der Waals surface area contributed by atoms with E-state index in [9.17, 15) is 74.6 Å². The number of hydrogen-bond acceptors (Lipinski definition) is 3. The number of rotatable bonds is 15. The smallest absolute Gasteiger partial charge is 0.374 e. The molecule has 0 amide bonds. The van der Waals surface area contributed by atoms with Crippen molar-refractivity contribution in [2.24, 2.45) is 0 Å². The first-order chi connectivity index (χ1) is 16.1. The Labute approximate surface area is 198 Å². The first-order valence-electron chi connectivity index (χ1n) is 9.77. The summed E-state index contributed by atoms with van der Waals surface area (Å²) in [5.74, 6) is -56.5. The molecule has 0 aliphatic rings.